The van der Waals surface area contributed by atoms with Gasteiger partial charge >= 0.3 is 0 Å². The molecule has 7 heteroatoms. The lowest BCUT2D eigenvalue weighted by Crippen LogP contribution is -2.17. The minimum Gasteiger partial charge on any atom is -0.494 e. The van der Waals surface area contributed by atoms with E-state index in [1.165, 1.54) is 0 Å². The largest absolute Gasteiger partial charge is 0.494 e. The first-order chi connectivity index (χ1) is 20.2. The maximum atomic E-state index is 12.7. The van der Waals surface area contributed by atoms with Gasteiger partial charge in [-0.1, -0.05) is 61.9 Å². The molecule has 0 unspecified atom stereocenters. The maximum absolute atomic E-state index is 12.7. The van der Waals surface area contributed by atoms with Gasteiger partial charge in [0.25, 0.3) is 5.91 Å². The fraction of sp³-hybridized carbons (Fsp3) is 0.147. The molecular weight excluding hydrogens is 512 g/mol. The lowest BCUT2D eigenvalue weighted by Gasteiger charge is -2.07. The molecule has 0 fully saturated rings. The predicted molar refractivity (Wildman–Crippen MR) is 162 cm³/mol. The van der Waals surface area contributed by atoms with Crippen LogP contribution in [-0.2, 0) is 6.61 Å². The normalized spacial score (nSPS) is 11.0. The molecule has 0 saturated carbocycles. The Balaban J connectivity index is 1.30. The topological polar surface area (TPSA) is 77.7 Å². The van der Waals surface area contributed by atoms with E-state index < -0.39 is 0 Å². The number of nitrogens with one attached hydrogen (secondary N) is 1. The minimum absolute atomic E-state index is 0.307. The summed E-state index contributed by atoms with van der Waals surface area (Å²) in [6, 6.07) is 34.7. The van der Waals surface area contributed by atoms with Crippen LogP contribution in [0.15, 0.2) is 120 Å². The summed E-state index contributed by atoms with van der Waals surface area (Å²) in [4.78, 5) is 12.7. The van der Waals surface area contributed by atoms with Crippen molar-refractivity contribution < 1.29 is 14.3 Å². The zero-order valence-electron chi connectivity index (χ0n) is 22.9. The second-order valence-electron chi connectivity index (χ2n) is 9.44. The number of hydrogen-bond donors (Lipinski definition) is 1. The Labute approximate surface area is 240 Å². The van der Waals surface area contributed by atoms with Crippen LogP contribution >= 0.6 is 0 Å². The number of rotatable bonds is 12. The lowest BCUT2D eigenvalue weighted by atomic mass is 10.1. The molecule has 0 spiro atoms. The van der Waals surface area contributed by atoms with E-state index in [1.54, 1.807) is 35.2 Å². The van der Waals surface area contributed by atoms with E-state index in [-0.39, 0.29) is 5.91 Å². The maximum Gasteiger partial charge on any atom is 0.271 e. The van der Waals surface area contributed by atoms with Gasteiger partial charge in [-0.05, 0) is 72.6 Å². The van der Waals surface area contributed by atoms with Gasteiger partial charge in [-0.25, -0.2) is 10.1 Å². The van der Waals surface area contributed by atoms with E-state index in [4.69, 9.17) is 14.6 Å². The van der Waals surface area contributed by atoms with Crippen molar-refractivity contribution >= 4 is 12.1 Å². The molecule has 5 rings (SSSR count). The van der Waals surface area contributed by atoms with Crippen molar-refractivity contribution in [1.29, 1.82) is 0 Å². The molecule has 0 aliphatic rings. The molecule has 7 nitrogen and oxygen atoms in total. The highest BCUT2D eigenvalue weighted by Gasteiger charge is 2.12. The van der Waals surface area contributed by atoms with Gasteiger partial charge < -0.3 is 9.47 Å². The van der Waals surface area contributed by atoms with E-state index in [9.17, 15) is 4.79 Å². The summed E-state index contributed by atoms with van der Waals surface area (Å²) >= 11 is 0. The molecule has 0 bridgehead atoms. The molecule has 206 valence electrons. The van der Waals surface area contributed by atoms with Crippen molar-refractivity contribution in [2.75, 3.05) is 6.61 Å². The highest BCUT2D eigenvalue weighted by molar-refractivity contribution is 5.95. The second kappa shape index (κ2) is 13.8. The fourth-order valence-electron chi connectivity index (χ4n) is 4.13. The van der Waals surface area contributed by atoms with Gasteiger partial charge in [-0.2, -0.15) is 10.2 Å². The van der Waals surface area contributed by atoms with Gasteiger partial charge in [0, 0.05) is 22.9 Å². The molecule has 41 heavy (non-hydrogen) atoms. The summed E-state index contributed by atoms with van der Waals surface area (Å²) in [5.74, 6) is 1.20. The highest BCUT2D eigenvalue weighted by Crippen LogP contribution is 2.25. The Bertz CT molecular complexity index is 1560. The summed E-state index contributed by atoms with van der Waals surface area (Å²) in [6.07, 6.45) is 5.56. The Hall–Kier alpha value is -5.17. The number of carbonyl (C=O) groups is 1. The zero-order valence-corrected chi connectivity index (χ0v) is 22.9. The van der Waals surface area contributed by atoms with E-state index in [0.29, 0.717) is 18.8 Å². The van der Waals surface area contributed by atoms with Crippen LogP contribution in [0, 0.1) is 0 Å². The Morgan fingerprint density at radius 2 is 1.51 bits per heavy atom. The van der Waals surface area contributed by atoms with Crippen molar-refractivity contribution in [1.82, 2.24) is 15.2 Å². The van der Waals surface area contributed by atoms with Crippen LogP contribution in [-0.4, -0.2) is 28.5 Å². The molecule has 5 aromatic rings. The molecule has 1 N–H and O–H groups in total. The van der Waals surface area contributed by atoms with Crippen LogP contribution in [0.25, 0.3) is 16.9 Å². The number of benzene rings is 4. The number of carbonyl (C=O) groups excluding carboxylic acids is 1. The molecule has 0 radical (unpaired) electrons. The summed E-state index contributed by atoms with van der Waals surface area (Å²) in [5.41, 5.74) is 7.53. The minimum atomic E-state index is -0.307. The van der Waals surface area contributed by atoms with E-state index in [2.05, 4.69) is 17.5 Å². The molecular formula is C34H32N4O3. The molecule has 1 heterocycles. The van der Waals surface area contributed by atoms with Gasteiger partial charge in [0.05, 0.1) is 18.5 Å². The number of amides is 1. The standard InChI is InChI=1S/C34H32N4O3/c1-2-3-22-40-31-20-16-28(17-21-31)34(39)36-35-23-29-24-38(30-12-8-5-9-13-30)37-33(29)27-14-18-32(19-15-27)41-25-26-10-6-4-7-11-26/h4-21,23-24H,2-3,22,25H2,1H3,(H,36,39)/b35-23+. The lowest BCUT2D eigenvalue weighted by molar-refractivity contribution is 0.0955. The van der Waals surface area contributed by atoms with Crippen molar-refractivity contribution in [2.45, 2.75) is 26.4 Å². The van der Waals surface area contributed by atoms with Crippen LogP contribution in [0.2, 0.25) is 0 Å². The van der Waals surface area contributed by atoms with E-state index in [0.717, 1.165) is 52.4 Å². The smallest absolute Gasteiger partial charge is 0.271 e. The Morgan fingerprint density at radius 3 is 2.22 bits per heavy atom. The van der Waals surface area contributed by atoms with Crippen molar-refractivity contribution in [3.8, 4) is 28.4 Å². The summed E-state index contributed by atoms with van der Waals surface area (Å²) in [7, 11) is 0. The van der Waals surface area contributed by atoms with Crippen molar-refractivity contribution in [3.63, 3.8) is 0 Å². The molecule has 0 atom stereocenters. The second-order valence-corrected chi connectivity index (χ2v) is 9.44. The quantitative estimate of drug-likeness (QED) is 0.104. The number of unbranched alkanes of at least 4 members (excludes halogenated alkanes) is 1. The SMILES string of the molecule is CCCCOc1ccc(C(=O)N/N=C/c2cn(-c3ccccc3)nc2-c2ccc(OCc3ccccc3)cc2)cc1. The van der Waals surface area contributed by atoms with Crippen LogP contribution in [0.1, 0.15) is 41.3 Å². The molecule has 0 aliphatic carbocycles. The third-order valence-electron chi connectivity index (χ3n) is 6.39. The summed E-state index contributed by atoms with van der Waals surface area (Å²) < 4.78 is 13.4. The van der Waals surface area contributed by atoms with Gasteiger partial charge in [-0.15, -0.1) is 0 Å². The molecule has 1 amide bonds. The van der Waals surface area contributed by atoms with Crippen LogP contribution < -0.4 is 14.9 Å². The first kappa shape index (κ1) is 27.4. The monoisotopic (exact) mass is 544 g/mol. The van der Waals surface area contributed by atoms with Gasteiger partial charge in [0.15, 0.2) is 0 Å². The molecule has 1 aromatic heterocycles. The third-order valence-corrected chi connectivity index (χ3v) is 6.39. The summed E-state index contributed by atoms with van der Waals surface area (Å²) in [5, 5.41) is 9.07. The highest BCUT2D eigenvalue weighted by atomic mass is 16.5. The Kier molecular flexibility index (Phi) is 9.19. The van der Waals surface area contributed by atoms with Crippen LogP contribution in [0.4, 0.5) is 0 Å². The molecule has 0 aliphatic heterocycles. The average Bonchev–Trinajstić information content (AvgIpc) is 3.46. The fourth-order valence-corrected chi connectivity index (χ4v) is 4.13. The van der Waals surface area contributed by atoms with Crippen LogP contribution in [0.5, 0.6) is 11.5 Å². The number of hydrogen-bond acceptors (Lipinski definition) is 5. The predicted octanol–water partition coefficient (Wildman–Crippen LogP) is 7.06. The number of para-hydroxylation sites is 1. The van der Waals surface area contributed by atoms with Crippen molar-refractivity contribution in [2.24, 2.45) is 5.10 Å². The van der Waals surface area contributed by atoms with Crippen molar-refractivity contribution in [3.05, 3.63) is 132 Å². The van der Waals surface area contributed by atoms with Gasteiger partial charge in [0.1, 0.15) is 23.8 Å². The van der Waals surface area contributed by atoms with Crippen LogP contribution in [0.3, 0.4) is 0 Å². The Morgan fingerprint density at radius 1 is 0.854 bits per heavy atom. The van der Waals surface area contributed by atoms with Gasteiger partial charge in [0.2, 0.25) is 0 Å². The number of hydrazone groups is 1. The molecule has 0 saturated heterocycles. The van der Waals surface area contributed by atoms with E-state index in [1.807, 2.05) is 91.1 Å². The first-order valence-corrected chi connectivity index (χ1v) is 13.7. The average molecular weight is 545 g/mol. The number of ether oxygens (including phenoxy) is 2. The third kappa shape index (κ3) is 7.48. The molecule has 4 aromatic carbocycles. The number of nitrogens with zero attached hydrogens (tertiary/aromatic N) is 3. The number of aromatic nitrogens is 2. The zero-order chi connectivity index (χ0) is 28.3. The van der Waals surface area contributed by atoms with Gasteiger partial charge in [-0.3, -0.25) is 4.79 Å². The summed E-state index contributed by atoms with van der Waals surface area (Å²) in [6.45, 7) is 3.27. The first-order valence-electron chi connectivity index (χ1n) is 13.7. The van der Waals surface area contributed by atoms with E-state index >= 15 is 0 Å².